The highest BCUT2D eigenvalue weighted by Crippen LogP contribution is 2.20. The smallest absolute Gasteiger partial charge is 0.190 e. The van der Waals surface area contributed by atoms with Crippen LogP contribution in [0, 0.1) is 5.92 Å². The Morgan fingerprint density at radius 2 is 2.14 bits per heavy atom. The Bertz CT molecular complexity index is 215. The number of Topliss-reactive ketones (excluding diaryl/α,β-unsaturated/α-hetero) is 1. The van der Waals surface area contributed by atoms with Crippen LogP contribution in [-0.2, 0) is 4.79 Å². The Morgan fingerprint density at radius 3 is 2.64 bits per heavy atom. The molecule has 0 saturated heterocycles. The van der Waals surface area contributed by atoms with Gasteiger partial charge in [0.05, 0.1) is 0 Å². The number of carbonyl (C=O) groups excluding carboxylic acids is 1. The van der Waals surface area contributed by atoms with Gasteiger partial charge in [-0.2, -0.15) is 0 Å². The van der Waals surface area contributed by atoms with Gasteiger partial charge in [0.25, 0.3) is 0 Å². The number of nitrogens with zero attached hydrogens (tertiary/aromatic N) is 1. The van der Waals surface area contributed by atoms with Gasteiger partial charge in [0.15, 0.2) is 5.96 Å². The average Bonchev–Trinajstić information content (AvgIpc) is 2.22. The second kappa shape index (κ2) is 5.62. The molecule has 0 aromatic heterocycles. The predicted octanol–water partition coefficient (Wildman–Crippen LogP) is 0.540. The number of rotatable bonds is 2. The molecule has 14 heavy (non-hydrogen) atoms. The van der Waals surface area contributed by atoms with E-state index in [0.717, 1.165) is 38.2 Å². The van der Waals surface area contributed by atoms with E-state index in [0.29, 0.717) is 11.7 Å². The van der Waals surface area contributed by atoms with Gasteiger partial charge >= 0.3 is 0 Å². The van der Waals surface area contributed by atoms with Gasteiger partial charge in [-0.15, -0.1) is 0 Å². The highest BCUT2D eigenvalue weighted by Gasteiger charge is 2.18. The second-order valence-electron chi connectivity index (χ2n) is 3.69. The van der Waals surface area contributed by atoms with Crippen LogP contribution in [0.25, 0.3) is 0 Å². The lowest BCUT2D eigenvalue weighted by atomic mass is 9.88. The maximum absolute atomic E-state index is 11.0. The molecule has 4 nitrogen and oxygen atoms in total. The summed E-state index contributed by atoms with van der Waals surface area (Å²) in [5.41, 5.74) is 0. The highest BCUT2D eigenvalue weighted by atomic mass is 16.1. The summed E-state index contributed by atoms with van der Waals surface area (Å²) in [5, 5.41) is 6.20. The molecule has 0 aromatic carbocycles. The summed E-state index contributed by atoms with van der Waals surface area (Å²) in [5.74, 6) is 1.86. The lowest BCUT2D eigenvalue weighted by Gasteiger charge is -2.21. The van der Waals surface area contributed by atoms with Crippen molar-refractivity contribution in [2.45, 2.75) is 25.7 Å². The molecular formula is C10H19N3O. The first-order valence-electron chi connectivity index (χ1n) is 5.16. The molecule has 0 spiro atoms. The van der Waals surface area contributed by atoms with Crippen LogP contribution in [0.4, 0.5) is 0 Å². The van der Waals surface area contributed by atoms with Crippen molar-refractivity contribution in [3.8, 4) is 0 Å². The second-order valence-corrected chi connectivity index (χ2v) is 3.69. The summed E-state index contributed by atoms with van der Waals surface area (Å²) < 4.78 is 0. The molecule has 1 rings (SSSR count). The van der Waals surface area contributed by atoms with Gasteiger partial charge in [-0.25, -0.2) is 0 Å². The minimum Gasteiger partial charge on any atom is -0.359 e. The molecule has 80 valence electrons. The quantitative estimate of drug-likeness (QED) is 0.502. The summed E-state index contributed by atoms with van der Waals surface area (Å²) in [4.78, 5) is 15.0. The molecule has 1 fully saturated rings. The van der Waals surface area contributed by atoms with E-state index in [-0.39, 0.29) is 0 Å². The largest absolute Gasteiger partial charge is 0.359 e. The van der Waals surface area contributed by atoms with Crippen LogP contribution in [0.3, 0.4) is 0 Å². The fourth-order valence-electron chi connectivity index (χ4n) is 1.72. The van der Waals surface area contributed by atoms with Crippen LogP contribution in [0.5, 0.6) is 0 Å². The number of aliphatic imine (C=N–C) groups is 1. The predicted molar refractivity (Wildman–Crippen MR) is 57.4 cm³/mol. The van der Waals surface area contributed by atoms with E-state index in [1.807, 2.05) is 7.05 Å². The van der Waals surface area contributed by atoms with Crippen LogP contribution < -0.4 is 10.6 Å². The van der Waals surface area contributed by atoms with E-state index >= 15 is 0 Å². The topological polar surface area (TPSA) is 53.5 Å². The first kappa shape index (κ1) is 11.0. The van der Waals surface area contributed by atoms with Crippen molar-refractivity contribution < 1.29 is 4.79 Å². The number of hydrogen-bond donors (Lipinski definition) is 2. The summed E-state index contributed by atoms with van der Waals surface area (Å²) >= 11 is 0. The fourth-order valence-corrected chi connectivity index (χ4v) is 1.72. The molecule has 4 heteroatoms. The van der Waals surface area contributed by atoms with Gasteiger partial charge in [0.2, 0.25) is 0 Å². The maximum atomic E-state index is 11.0. The monoisotopic (exact) mass is 197 g/mol. The van der Waals surface area contributed by atoms with Crippen molar-refractivity contribution in [2.24, 2.45) is 10.9 Å². The van der Waals surface area contributed by atoms with E-state index in [4.69, 9.17) is 0 Å². The molecule has 0 bridgehead atoms. The van der Waals surface area contributed by atoms with Crippen LogP contribution >= 0.6 is 0 Å². The number of hydrogen-bond acceptors (Lipinski definition) is 2. The number of guanidine groups is 1. The van der Waals surface area contributed by atoms with Gasteiger partial charge in [0.1, 0.15) is 5.78 Å². The molecule has 1 aliphatic carbocycles. The zero-order valence-corrected chi connectivity index (χ0v) is 8.97. The van der Waals surface area contributed by atoms with Crippen LogP contribution in [-0.4, -0.2) is 32.4 Å². The van der Waals surface area contributed by atoms with E-state index in [1.54, 1.807) is 7.05 Å². The number of carbonyl (C=O) groups is 1. The Labute approximate surface area is 85.2 Å². The van der Waals surface area contributed by atoms with E-state index in [2.05, 4.69) is 15.6 Å². The third-order valence-electron chi connectivity index (χ3n) is 2.68. The van der Waals surface area contributed by atoms with Crippen molar-refractivity contribution in [2.75, 3.05) is 20.6 Å². The lowest BCUT2D eigenvalue weighted by molar-refractivity contribution is -0.120. The van der Waals surface area contributed by atoms with Gasteiger partial charge in [-0.05, 0) is 18.8 Å². The zero-order valence-electron chi connectivity index (χ0n) is 8.97. The van der Waals surface area contributed by atoms with Crippen molar-refractivity contribution in [3.63, 3.8) is 0 Å². The van der Waals surface area contributed by atoms with Gasteiger partial charge in [-0.1, -0.05) is 0 Å². The molecule has 0 unspecified atom stereocenters. The Morgan fingerprint density at radius 1 is 1.50 bits per heavy atom. The molecule has 1 aliphatic rings. The Balaban J connectivity index is 2.22. The maximum Gasteiger partial charge on any atom is 0.190 e. The van der Waals surface area contributed by atoms with Crippen LogP contribution in [0.1, 0.15) is 25.7 Å². The van der Waals surface area contributed by atoms with E-state index in [9.17, 15) is 4.79 Å². The lowest BCUT2D eigenvalue weighted by Crippen LogP contribution is -2.38. The van der Waals surface area contributed by atoms with Crippen molar-refractivity contribution in [1.29, 1.82) is 0 Å². The first-order valence-corrected chi connectivity index (χ1v) is 5.16. The molecule has 2 N–H and O–H groups in total. The van der Waals surface area contributed by atoms with Crippen molar-refractivity contribution >= 4 is 11.7 Å². The van der Waals surface area contributed by atoms with Gasteiger partial charge < -0.3 is 10.6 Å². The minimum absolute atomic E-state index is 0.416. The van der Waals surface area contributed by atoms with Crippen molar-refractivity contribution in [1.82, 2.24) is 10.6 Å². The molecule has 1 saturated carbocycles. The fraction of sp³-hybridized carbons (Fsp3) is 0.800. The van der Waals surface area contributed by atoms with Gasteiger partial charge in [-0.3, -0.25) is 9.79 Å². The van der Waals surface area contributed by atoms with Crippen molar-refractivity contribution in [3.05, 3.63) is 0 Å². The third kappa shape index (κ3) is 3.36. The van der Waals surface area contributed by atoms with Gasteiger partial charge in [0, 0.05) is 33.5 Å². The molecule has 0 amide bonds. The number of nitrogens with one attached hydrogen (secondary N) is 2. The molecule has 0 radical (unpaired) electrons. The Kier molecular flexibility index (Phi) is 4.43. The van der Waals surface area contributed by atoms with Crippen LogP contribution in [0.2, 0.25) is 0 Å². The molecule has 0 heterocycles. The number of ketones is 1. The molecule has 0 atom stereocenters. The SMILES string of the molecule is CN=C(NC)NCC1CCC(=O)CC1. The highest BCUT2D eigenvalue weighted by molar-refractivity contribution is 5.80. The summed E-state index contributed by atoms with van der Waals surface area (Å²) in [6, 6.07) is 0. The summed E-state index contributed by atoms with van der Waals surface area (Å²) in [6.45, 7) is 0.917. The van der Waals surface area contributed by atoms with E-state index < -0.39 is 0 Å². The summed E-state index contributed by atoms with van der Waals surface area (Å²) in [6.07, 6.45) is 3.55. The Hall–Kier alpha value is -1.06. The first-order chi connectivity index (χ1) is 6.76. The minimum atomic E-state index is 0.416. The zero-order chi connectivity index (χ0) is 10.4. The molecule has 0 aliphatic heterocycles. The standard InChI is InChI=1S/C10H19N3O/c1-11-10(12-2)13-7-8-3-5-9(14)6-4-8/h8H,3-7H2,1-2H3,(H2,11,12,13). The van der Waals surface area contributed by atoms with Crippen LogP contribution in [0.15, 0.2) is 4.99 Å². The molecular weight excluding hydrogens is 178 g/mol. The summed E-state index contributed by atoms with van der Waals surface area (Å²) in [7, 11) is 3.60. The average molecular weight is 197 g/mol. The molecule has 0 aromatic rings. The normalized spacial score (nSPS) is 19.6. The van der Waals surface area contributed by atoms with E-state index in [1.165, 1.54) is 0 Å². The third-order valence-corrected chi connectivity index (χ3v) is 2.68.